The molecule has 0 N–H and O–H groups in total. The van der Waals surface area contributed by atoms with E-state index in [1.165, 1.54) is 0 Å². The molecule has 1 aliphatic rings. The molecule has 1 aromatic heterocycles. The summed E-state index contributed by atoms with van der Waals surface area (Å²) in [4.78, 5) is 26.6. The van der Waals surface area contributed by atoms with Crippen LogP contribution in [0.25, 0.3) is 5.69 Å². The van der Waals surface area contributed by atoms with E-state index in [0.29, 0.717) is 12.1 Å². The zero-order valence-electron chi connectivity index (χ0n) is 15.7. The minimum Gasteiger partial charge on any atom is -0.452 e. The average molecular weight is 375 g/mol. The number of nitrogens with zero attached hydrogens (tertiary/aromatic N) is 3. The number of amides is 1. The van der Waals surface area contributed by atoms with Gasteiger partial charge in [0, 0.05) is 24.1 Å². The molecule has 6 heteroatoms. The molecule has 0 spiro atoms. The Balaban J connectivity index is 1.40. The molecule has 0 aliphatic carbocycles. The first kappa shape index (κ1) is 18.0. The van der Waals surface area contributed by atoms with Gasteiger partial charge in [-0.25, -0.2) is 9.48 Å². The van der Waals surface area contributed by atoms with E-state index in [9.17, 15) is 9.59 Å². The number of aryl methyl sites for hydroxylation is 2. The van der Waals surface area contributed by atoms with Gasteiger partial charge in [-0.15, -0.1) is 0 Å². The molecule has 6 nitrogen and oxygen atoms in total. The maximum absolute atomic E-state index is 12.6. The van der Waals surface area contributed by atoms with Crippen LogP contribution in [0.1, 0.15) is 28.0 Å². The van der Waals surface area contributed by atoms with Crippen molar-refractivity contribution in [2.45, 2.75) is 19.8 Å². The van der Waals surface area contributed by atoms with Gasteiger partial charge in [-0.3, -0.25) is 4.79 Å². The number of hydrogen-bond acceptors (Lipinski definition) is 4. The number of hydrogen-bond donors (Lipinski definition) is 0. The molecule has 2 heterocycles. The van der Waals surface area contributed by atoms with Crippen LogP contribution in [0, 0.1) is 6.92 Å². The van der Waals surface area contributed by atoms with Crippen molar-refractivity contribution in [3.8, 4) is 5.69 Å². The van der Waals surface area contributed by atoms with Crippen LogP contribution >= 0.6 is 0 Å². The molecule has 4 rings (SSSR count). The second-order valence-electron chi connectivity index (χ2n) is 6.79. The van der Waals surface area contributed by atoms with Crippen LogP contribution in [0.5, 0.6) is 0 Å². The number of carbonyl (C=O) groups excluding carboxylic acids is 2. The van der Waals surface area contributed by atoms with Crippen molar-refractivity contribution in [1.29, 1.82) is 0 Å². The summed E-state index contributed by atoms with van der Waals surface area (Å²) in [6.07, 6.45) is 3.59. The maximum Gasteiger partial charge on any atom is 0.338 e. The number of benzene rings is 2. The van der Waals surface area contributed by atoms with Crippen LogP contribution in [-0.2, 0) is 16.0 Å². The highest BCUT2D eigenvalue weighted by atomic mass is 16.5. The number of aromatic nitrogens is 2. The summed E-state index contributed by atoms with van der Waals surface area (Å²) in [6.45, 7) is 2.33. The summed E-state index contributed by atoms with van der Waals surface area (Å²) in [5, 5.41) is 4.24. The first-order valence-corrected chi connectivity index (χ1v) is 9.30. The summed E-state index contributed by atoms with van der Waals surface area (Å²) in [5.41, 5.74) is 4.33. The maximum atomic E-state index is 12.6. The lowest BCUT2D eigenvalue weighted by atomic mass is 10.0. The standard InChI is InChI=1S/C22H21N3O3/c1-16-12-13-23-25(16)19-10-8-18(9-11-19)22(27)28-15-21(26)24-14-4-6-17-5-2-3-7-20(17)24/h2-3,5,7-13H,4,6,14-15H2,1H3. The molecule has 1 amide bonds. The molecule has 28 heavy (non-hydrogen) atoms. The fraction of sp³-hybridized carbons (Fsp3) is 0.227. The van der Waals surface area contributed by atoms with Crippen LogP contribution in [0.3, 0.4) is 0 Å². The van der Waals surface area contributed by atoms with Crippen molar-refractivity contribution in [3.05, 3.63) is 77.6 Å². The first-order chi connectivity index (χ1) is 13.6. The number of carbonyl (C=O) groups is 2. The van der Waals surface area contributed by atoms with Crippen LogP contribution in [0.2, 0.25) is 0 Å². The molecule has 0 radical (unpaired) electrons. The summed E-state index contributed by atoms with van der Waals surface area (Å²) in [5.74, 6) is -0.716. The molecular formula is C22H21N3O3. The van der Waals surface area contributed by atoms with Crippen molar-refractivity contribution in [1.82, 2.24) is 9.78 Å². The Morgan fingerprint density at radius 1 is 1.07 bits per heavy atom. The number of rotatable bonds is 4. The van der Waals surface area contributed by atoms with Gasteiger partial charge in [-0.2, -0.15) is 5.10 Å². The van der Waals surface area contributed by atoms with E-state index < -0.39 is 5.97 Å². The first-order valence-electron chi connectivity index (χ1n) is 9.30. The van der Waals surface area contributed by atoms with E-state index in [-0.39, 0.29) is 12.5 Å². The molecule has 0 fully saturated rings. The Morgan fingerprint density at radius 2 is 1.86 bits per heavy atom. The van der Waals surface area contributed by atoms with E-state index in [1.54, 1.807) is 40.0 Å². The SMILES string of the molecule is Cc1ccnn1-c1ccc(C(=O)OCC(=O)N2CCCc3ccccc32)cc1. The van der Waals surface area contributed by atoms with E-state index in [0.717, 1.165) is 35.5 Å². The van der Waals surface area contributed by atoms with Gasteiger partial charge in [0.05, 0.1) is 11.3 Å². The highest BCUT2D eigenvalue weighted by molar-refractivity contribution is 5.98. The molecule has 0 atom stereocenters. The van der Waals surface area contributed by atoms with Gasteiger partial charge in [0.1, 0.15) is 0 Å². The van der Waals surface area contributed by atoms with Crippen molar-refractivity contribution < 1.29 is 14.3 Å². The summed E-state index contributed by atoms with van der Waals surface area (Å²) < 4.78 is 7.04. The molecule has 1 aliphatic heterocycles. The molecule has 3 aromatic rings. The third kappa shape index (κ3) is 3.53. The summed E-state index contributed by atoms with van der Waals surface area (Å²) in [6, 6.07) is 16.7. The third-order valence-electron chi connectivity index (χ3n) is 4.92. The largest absolute Gasteiger partial charge is 0.452 e. The predicted octanol–water partition coefficient (Wildman–Crippen LogP) is 3.32. The van der Waals surface area contributed by atoms with E-state index in [4.69, 9.17) is 4.74 Å². The zero-order chi connectivity index (χ0) is 19.5. The molecular weight excluding hydrogens is 354 g/mol. The lowest BCUT2D eigenvalue weighted by Crippen LogP contribution is -2.38. The van der Waals surface area contributed by atoms with Crippen LogP contribution < -0.4 is 4.90 Å². The minimum absolute atomic E-state index is 0.204. The Kier molecular flexibility index (Phi) is 4.93. The Morgan fingerprint density at radius 3 is 2.61 bits per heavy atom. The van der Waals surface area contributed by atoms with Gasteiger partial charge in [-0.1, -0.05) is 18.2 Å². The lowest BCUT2D eigenvalue weighted by molar-refractivity contribution is -0.121. The van der Waals surface area contributed by atoms with Gasteiger partial charge >= 0.3 is 5.97 Å². The van der Waals surface area contributed by atoms with Gasteiger partial charge < -0.3 is 9.64 Å². The van der Waals surface area contributed by atoms with Crippen molar-refractivity contribution in [2.24, 2.45) is 0 Å². The number of ether oxygens (including phenoxy) is 1. The molecule has 2 aromatic carbocycles. The molecule has 0 bridgehead atoms. The zero-order valence-corrected chi connectivity index (χ0v) is 15.7. The number of anilines is 1. The summed E-state index contributed by atoms with van der Waals surface area (Å²) in [7, 11) is 0. The monoisotopic (exact) mass is 375 g/mol. The number of fused-ring (bicyclic) bond motifs is 1. The Hall–Kier alpha value is -3.41. The van der Waals surface area contributed by atoms with Crippen molar-refractivity contribution in [2.75, 3.05) is 18.1 Å². The average Bonchev–Trinajstić information content (AvgIpc) is 3.17. The third-order valence-corrected chi connectivity index (χ3v) is 4.92. The Bertz CT molecular complexity index is 1010. The highest BCUT2D eigenvalue weighted by Gasteiger charge is 2.23. The Labute approximate surface area is 163 Å². The number of esters is 1. The normalized spacial score (nSPS) is 13.1. The van der Waals surface area contributed by atoms with E-state index >= 15 is 0 Å². The van der Waals surface area contributed by atoms with Gasteiger partial charge in [0.25, 0.3) is 5.91 Å². The molecule has 142 valence electrons. The fourth-order valence-electron chi connectivity index (χ4n) is 3.46. The van der Waals surface area contributed by atoms with Crippen molar-refractivity contribution >= 4 is 17.6 Å². The van der Waals surface area contributed by atoms with Crippen molar-refractivity contribution in [3.63, 3.8) is 0 Å². The second-order valence-corrected chi connectivity index (χ2v) is 6.79. The van der Waals surface area contributed by atoms with E-state index in [2.05, 4.69) is 5.10 Å². The topological polar surface area (TPSA) is 64.4 Å². The number of para-hydroxylation sites is 1. The van der Waals surface area contributed by atoms with Gasteiger partial charge in [0.15, 0.2) is 6.61 Å². The lowest BCUT2D eigenvalue weighted by Gasteiger charge is -2.29. The smallest absolute Gasteiger partial charge is 0.338 e. The predicted molar refractivity (Wildman–Crippen MR) is 106 cm³/mol. The second kappa shape index (κ2) is 7.68. The minimum atomic E-state index is -0.512. The summed E-state index contributed by atoms with van der Waals surface area (Å²) >= 11 is 0. The molecule has 0 unspecified atom stereocenters. The van der Waals surface area contributed by atoms with Crippen LogP contribution in [0.4, 0.5) is 5.69 Å². The molecule has 0 saturated carbocycles. The highest BCUT2D eigenvalue weighted by Crippen LogP contribution is 2.26. The van der Waals surface area contributed by atoms with E-state index in [1.807, 2.05) is 37.3 Å². The quantitative estimate of drug-likeness (QED) is 0.656. The van der Waals surface area contributed by atoms with Gasteiger partial charge in [-0.05, 0) is 61.7 Å². The van der Waals surface area contributed by atoms with Crippen LogP contribution in [0.15, 0.2) is 60.8 Å². The van der Waals surface area contributed by atoms with Gasteiger partial charge in [0.2, 0.25) is 0 Å². The molecule has 0 saturated heterocycles. The fourth-order valence-corrected chi connectivity index (χ4v) is 3.46. The van der Waals surface area contributed by atoms with Crippen LogP contribution in [-0.4, -0.2) is 34.8 Å².